The molecule has 0 radical (unpaired) electrons. The van der Waals surface area contributed by atoms with Crippen LogP contribution in [-0.4, -0.2) is 29.9 Å². The number of piperidine rings is 1. The van der Waals surface area contributed by atoms with Crippen LogP contribution in [0.5, 0.6) is 0 Å². The quantitative estimate of drug-likeness (QED) is 0.816. The number of halogens is 3. The van der Waals surface area contributed by atoms with Crippen molar-refractivity contribution in [1.29, 1.82) is 0 Å². The van der Waals surface area contributed by atoms with E-state index in [1.165, 1.54) is 17.0 Å². The van der Waals surface area contributed by atoms with E-state index in [4.69, 9.17) is 28.9 Å². The summed E-state index contributed by atoms with van der Waals surface area (Å²) < 4.78 is 13.3. The number of anilines is 1. The number of hydrogen-bond acceptors (Lipinski definition) is 2. The summed E-state index contributed by atoms with van der Waals surface area (Å²) in [6.07, 6.45) is 1.37. The zero-order valence-electron chi connectivity index (χ0n) is 11.0. The number of amides is 3. The SMILES string of the molecule is NC(=O)C1CCCN(C(=O)Nc2cc(Cl)c(F)c(Cl)c2)C1. The number of urea groups is 1. The first kappa shape index (κ1) is 15.9. The molecular weight excluding hydrogens is 320 g/mol. The Morgan fingerprint density at radius 1 is 1.33 bits per heavy atom. The zero-order valence-corrected chi connectivity index (χ0v) is 12.5. The lowest BCUT2D eigenvalue weighted by Gasteiger charge is -2.31. The van der Waals surface area contributed by atoms with Crippen LogP contribution in [0.4, 0.5) is 14.9 Å². The Labute approximate surface area is 131 Å². The average molecular weight is 334 g/mol. The maximum Gasteiger partial charge on any atom is 0.321 e. The lowest BCUT2D eigenvalue weighted by molar-refractivity contribution is -0.123. The summed E-state index contributed by atoms with van der Waals surface area (Å²) in [7, 11) is 0. The smallest absolute Gasteiger partial charge is 0.321 e. The molecular formula is C13H14Cl2FN3O2. The van der Waals surface area contributed by atoms with Gasteiger partial charge in [-0.25, -0.2) is 9.18 Å². The lowest BCUT2D eigenvalue weighted by atomic mass is 9.98. The number of carbonyl (C=O) groups excluding carboxylic acids is 2. The highest BCUT2D eigenvalue weighted by Crippen LogP contribution is 2.27. The Balaban J connectivity index is 2.06. The van der Waals surface area contributed by atoms with Crippen LogP contribution in [0.1, 0.15) is 12.8 Å². The molecule has 0 aliphatic carbocycles. The number of nitrogens with one attached hydrogen (secondary N) is 1. The van der Waals surface area contributed by atoms with Gasteiger partial charge in [-0.2, -0.15) is 0 Å². The van der Waals surface area contributed by atoms with Gasteiger partial charge in [0, 0.05) is 18.8 Å². The number of benzene rings is 1. The normalized spacial score (nSPS) is 18.4. The predicted molar refractivity (Wildman–Crippen MR) is 78.9 cm³/mol. The molecule has 1 aromatic rings. The van der Waals surface area contributed by atoms with Crippen LogP contribution in [0.25, 0.3) is 0 Å². The van der Waals surface area contributed by atoms with E-state index in [1.54, 1.807) is 0 Å². The van der Waals surface area contributed by atoms with Crippen LogP contribution in [0.2, 0.25) is 10.0 Å². The molecule has 1 aromatic carbocycles. The minimum absolute atomic E-state index is 0.175. The van der Waals surface area contributed by atoms with Crippen LogP contribution < -0.4 is 11.1 Å². The van der Waals surface area contributed by atoms with Gasteiger partial charge in [-0.05, 0) is 25.0 Å². The molecule has 114 valence electrons. The minimum Gasteiger partial charge on any atom is -0.369 e. The van der Waals surface area contributed by atoms with Gasteiger partial charge in [0.2, 0.25) is 5.91 Å². The van der Waals surface area contributed by atoms with Crippen molar-refractivity contribution in [2.45, 2.75) is 12.8 Å². The maximum atomic E-state index is 13.3. The van der Waals surface area contributed by atoms with E-state index in [0.717, 1.165) is 0 Å². The van der Waals surface area contributed by atoms with Crippen molar-refractivity contribution in [1.82, 2.24) is 4.90 Å². The van der Waals surface area contributed by atoms with Gasteiger partial charge < -0.3 is 16.0 Å². The summed E-state index contributed by atoms with van der Waals surface area (Å²) in [6, 6.07) is 2.14. The molecule has 0 spiro atoms. The molecule has 1 fully saturated rings. The summed E-state index contributed by atoms with van der Waals surface area (Å²) in [5, 5.41) is 2.23. The first-order valence-corrected chi connectivity index (χ1v) is 7.14. The van der Waals surface area contributed by atoms with Crippen LogP contribution >= 0.6 is 23.2 Å². The standard InChI is InChI=1S/C13H14Cl2FN3O2/c14-9-4-8(5-10(15)11(9)16)18-13(21)19-3-1-2-7(6-19)12(17)20/h4-5,7H,1-3,6H2,(H2,17,20)(H,18,21). The molecule has 0 saturated carbocycles. The van der Waals surface area contributed by atoms with Gasteiger partial charge in [0.1, 0.15) is 0 Å². The van der Waals surface area contributed by atoms with Crippen LogP contribution in [-0.2, 0) is 4.79 Å². The lowest BCUT2D eigenvalue weighted by Crippen LogP contribution is -2.45. The van der Waals surface area contributed by atoms with E-state index in [0.29, 0.717) is 19.4 Å². The van der Waals surface area contributed by atoms with Gasteiger partial charge in [0.05, 0.1) is 16.0 Å². The fourth-order valence-electron chi connectivity index (χ4n) is 2.22. The molecule has 2 rings (SSSR count). The van der Waals surface area contributed by atoms with E-state index in [9.17, 15) is 14.0 Å². The summed E-state index contributed by atoms with van der Waals surface area (Å²) >= 11 is 11.3. The summed E-state index contributed by atoms with van der Waals surface area (Å²) in [5.41, 5.74) is 5.55. The first-order chi connectivity index (χ1) is 9.88. The van der Waals surface area contributed by atoms with E-state index in [1.807, 2.05) is 0 Å². The average Bonchev–Trinajstić information content (AvgIpc) is 2.44. The van der Waals surface area contributed by atoms with Crippen LogP contribution in [0.15, 0.2) is 12.1 Å². The van der Waals surface area contributed by atoms with Gasteiger partial charge >= 0.3 is 6.03 Å². The van der Waals surface area contributed by atoms with E-state index < -0.39 is 17.8 Å². The summed E-state index contributed by atoms with van der Waals surface area (Å²) in [6.45, 7) is 0.794. The highest BCUT2D eigenvalue weighted by Gasteiger charge is 2.27. The van der Waals surface area contributed by atoms with Crippen molar-refractivity contribution in [3.05, 3.63) is 28.0 Å². The largest absolute Gasteiger partial charge is 0.369 e. The molecule has 0 aromatic heterocycles. The number of hydrogen-bond donors (Lipinski definition) is 2. The van der Waals surface area contributed by atoms with Gasteiger partial charge in [-0.3, -0.25) is 4.79 Å². The van der Waals surface area contributed by atoms with Gasteiger partial charge in [-0.15, -0.1) is 0 Å². The molecule has 0 bridgehead atoms. The minimum atomic E-state index is -0.733. The number of rotatable bonds is 2. The molecule has 21 heavy (non-hydrogen) atoms. The molecule has 1 atom stereocenters. The number of likely N-dealkylation sites (tertiary alicyclic amines) is 1. The Bertz CT molecular complexity index is 560. The van der Waals surface area contributed by atoms with Gasteiger partial charge in [0.15, 0.2) is 5.82 Å². The van der Waals surface area contributed by atoms with Crippen molar-refractivity contribution in [2.24, 2.45) is 11.7 Å². The molecule has 1 unspecified atom stereocenters. The van der Waals surface area contributed by atoms with E-state index >= 15 is 0 Å². The number of carbonyl (C=O) groups is 2. The van der Waals surface area contributed by atoms with Crippen molar-refractivity contribution in [3.8, 4) is 0 Å². The molecule has 1 aliphatic heterocycles. The Morgan fingerprint density at radius 2 is 1.95 bits per heavy atom. The predicted octanol–water partition coefficient (Wildman–Crippen LogP) is 2.86. The van der Waals surface area contributed by atoms with E-state index in [2.05, 4.69) is 5.32 Å². The van der Waals surface area contributed by atoms with Crippen molar-refractivity contribution in [3.63, 3.8) is 0 Å². The van der Waals surface area contributed by atoms with Gasteiger partial charge in [-0.1, -0.05) is 23.2 Å². The molecule has 1 saturated heterocycles. The third kappa shape index (κ3) is 3.77. The van der Waals surface area contributed by atoms with Crippen molar-refractivity contribution >= 4 is 40.8 Å². The number of nitrogens with two attached hydrogens (primary N) is 1. The molecule has 3 N–H and O–H groups in total. The van der Waals surface area contributed by atoms with Gasteiger partial charge in [0.25, 0.3) is 0 Å². The van der Waals surface area contributed by atoms with Crippen LogP contribution in [0.3, 0.4) is 0 Å². The molecule has 1 aliphatic rings. The fourth-order valence-corrected chi connectivity index (χ4v) is 2.71. The topological polar surface area (TPSA) is 75.4 Å². The van der Waals surface area contributed by atoms with E-state index in [-0.39, 0.29) is 28.2 Å². The highest BCUT2D eigenvalue weighted by atomic mass is 35.5. The fraction of sp³-hybridized carbons (Fsp3) is 0.385. The molecule has 5 nitrogen and oxygen atoms in total. The molecule has 1 heterocycles. The second kappa shape index (κ2) is 6.49. The Hall–Kier alpha value is -1.53. The molecule has 3 amide bonds. The Morgan fingerprint density at radius 3 is 2.52 bits per heavy atom. The second-order valence-corrected chi connectivity index (χ2v) is 5.69. The van der Waals surface area contributed by atoms with Crippen LogP contribution in [0, 0.1) is 11.7 Å². The van der Waals surface area contributed by atoms with Crippen molar-refractivity contribution < 1.29 is 14.0 Å². The highest BCUT2D eigenvalue weighted by molar-refractivity contribution is 6.35. The second-order valence-electron chi connectivity index (χ2n) is 4.87. The molecule has 8 heteroatoms. The first-order valence-electron chi connectivity index (χ1n) is 6.38. The summed E-state index contributed by atoms with van der Waals surface area (Å²) in [5.74, 6) is -1.49. The third-order valence-corrected chi connectivity index (χ3v) is 3.90. The summed E-state index contributed by atoms with van der Waals surface area (Å²) in [4.78, 5) is 24.8. The van der Waals surface area contributed by atoms with Crippen molar-refractivity contribution in [2.75, 3.05) is 18.4 Å². The number of primary amides is 1. The Kier molecular flexibility index (Phi) is 4.90. The zero-order chi connectivity index (χ0) is 15.6. The monoisotopic (exact) mass is 333 g/mol. The maximum absolute atomic E-state index is 13.3. The third-order valence-electron chi connectivity index (χ3n) is 3.35. The number of nitrogens with zero attached hydrogens (tertiary/aromatic N) is 1.